The summed E-state index contributed by atoms with van der Waals surface area (Å²) < 4.78 is 7.75. The first-order chi connectivity index (χ1) is 8.68. The van der Waals surface area contributed by atoms with Crippen LogP contribution < -0.4 is 4.74 Å². The van der Waals surface area contributed by atoms with E-state index in [0.717, 1.165) is 23.7 Å². The molecule has 1 N–H and O–H groups in total. The fraction of sp³-hybridized carbons (Fsp3) is 0.357. The Hall–Kier alpha value is -1.81. The number of rotatable bonds is 5. The molecule has 1 atom stereocenters. The minimum Gasteiger partial charge on any atom is -0.491 e. The second kappa shape index (κ2) is 5.69. The molecule has 1 aromatic heterocycles. The lowest BCUT2D eigenvalue weighted by Crippen LogP contribution is -2.10. The van der Waals surface area contributed by atoms with E-state index in [9.17, 15) is 5.11 Å². The minimum absolute atomic E-state index is 0.517. The molecule has 4 nitrogen and oxygen atoms in total. The van der Waals surface area contributed by atoms with Crippen molar-refractivity contribution >= 4 is 0 Å². The topological polar surface area (TPSA) is 47.3 Å². The van der Waals surface area contributed by atoms with E-state index in [1.54, 1.807) is 13.1 Å². The zero-order chi connectivity index (χ0) is 13.0. The molecule has 0 aliphatic heterocycles. The molecule has 0 aliphatic carbocycles. The smallest absolute Gasteiger partial charge is 0.125 e. The van der Waals surface area contributed by atoms with Crippen molar-refractivity contribution in [3.05, 3.63) is 48.0 Å². The van der Waals surface area contributed by atoms with E-state index in [4.69, 9.17) is 4.74 Å². The summed E-state index contributed by atoms with van der Waals surface area (Å²) >= 11 is 0. The first kappa shape index (κ1) is 12.6. The number of hydrogen-bond donors (Lipinski definition) is 1. The number of ether oxygens (including phenoxy) is 1. The Balaban J connectivity index is 1.96. The number of aliphatic hydroxyl groups is 1. The third kappa shape index (κ3) is 2.90. The minimum atomic E-state index is -0.517. The Morgan fingerprint density at radius 3 is 2.83 bits per heavy atom. The molecule has 0 amide bonds. The van der Waals surface area contributed by atoms with Crippen molar-refractivity contribution in [1.82, 2.24) is 9.55 Å². The van der Waals surface area contributed by atoms with Crippen molar-refractivity contribution < 1.29 is 9.84 Å². The van der Waals surface area contributed by atoms with Gasteiger partial charge in [0.2, 0.25) is 0 Å². The highest BCUT2D eigenvalue weighted by atomic mass is 16.5. The Morgan fingerprint density at radius 1 is 1.39 bits per heavy atom. The lowest BCUT2D eigenvalue weighted by Gasteiger charge is -2.13. The highest BCUT2D eigenvalue weighted by Crippen LogP contribution is 2.24. The summed E-state index contributed by atoms with van der Waals surface area (Å²) in [7, 11) is 0. The maximum absolute atomic E-state index is 9.64. The van der Waals surface area contributed by atoms with Gasteiger partial charge in [0.05, 0.1) is 12.6 Å². The first-order valence-corrected chi connectivity index (χ1v) is 6.06. The Kier molecular flexibility index (Phi) is 3.99. The number of hydrogen-bond acceptors (Lipinski definition) is 3. The van der Waals surface area contributed by atoms with E-state index in [1.165, 1.54) is 0 Å². The van der Waals surface area contributed by atoms with E-state index < -0.39 is 6.10 Å². The molecule has 4 heteroatoms. The van der Waals surface area contributed by atoms with Crippen molar-refractivity contribution in [3.8, 4) is 5.75 Å². The van der Waals surface area contributed by atoms with E-state index in [2.05, 4.69) is 4.98 Å². The number of aromatic nitrogens is 2. The van der Waals surface area contributed by atoms with Gasteiger partial charge in [-0.25, -0.2) is 4.98 Å². The molecule has 0 saturated heterocycles. The van der Waals surface area contributed by atoms with Crippen molar-refractivity contribution in [1.29, 1.82) is 0 Å². The third-order valence-corrected chi connectivity index (χ3v) is 2.88. The van der Waals surface area contributed by atoms with Gasteiger partial charge in [-0.15, -0.1) is 0 Å². The molecule has 96 valence electrons. The van der Waals surface area contributed by atoms with Crippen LogP contribution in [0.4, 0.5) is 0 Å². The molecular weight excluding hydrogens is 228 g/mol. The van der Waals surface area contributed by atoms with Gasteiger partial charge in [-0.2, -0.15) is 0 Å². The lowest BCUT2D eigenvalue weighted by atomic mass is 10.1. The molecule has 0 radical (unpaired) electrons. The van der Waals surface area contributed by atoms with Gasteiger partial charge in [0.1, 0.15) is 18.2 Å². The molecule has 0 aliphatic rings. The van der Waals surface area contributed by atoms with Gasteiger partial charge < -0.3 is 14.4 Å². The van der Waals surface area contributed by atoms with Crippen LogP contribution in [0, 0.1) is 6.92 Å². The number of aliphatic hydroxyl groups excluding tert-OH is 1. The van der Waals surface area contributed by atoms with Gasteiger partial charge in [-0.3, -0.25) is 0 Å². The SMILES string of the molecule is Cc1nccn1CCOc1ccccc1C(C)O. The van der Waals surface area contributed by atoms with Crippen LogP contribution in [0.15, 0.2) is 36.7 Å². The van der Waals surface area contributed by atoms with Crippen LogP contribution in [-0.2, 0) is 6.54 Å². The van der Waals surface area contributed by atoms with Crippen LogP contribution in [0.1, 0.15) is 24.4 Å². The molecular formula is C14H18N2O2. The van der Waals surface area contributed by atoms with Gasteiger partial charge in [-0.05, 0) is 19.9 Å². The summed E-state index contributed by atoms with van der Waals surface area (Å²) in [6, 6.07) is 7.56. The fourth-order valence-corrected chi connectivity index (χ4v) is 1.85. The van der Waals surface area contributed by atoms with Crippen molar-refractivity contribution in [2.75, 3.05) is 6.61 Å². The Labute approximate surface area is 107 Å². The number of para-hydroxylation sites is 1. The highest BCUT2D eigenvalue weighted by molar-refractivity contribution is 5.34. The molecule has 0 spiro atoms. The molecule has 1 heterocycles. The third-order valence-electron chi connectivity index (χ3n) is 2.88. The zero-order valence-electron chi connectivity index (χ0n) is 10.7. The molecule has 18 heavy (non-hydrogen) atoms. The number of aryl methyl sites for hydroxylation is 1. The number of imidazole rings is 1. The predicted molar refractivity (Wildman–Crippen MR) is 69.5 cm³/mol. The summed E-state index contributed by atoms with van der Waals surface area (Å²) in [6.07, 6.45) is 3.19. The maximum atomic E-state index is 9.64. The van der Waals surface area contributed by atoms with Crippen molar-refractivity contribution in [2.24, 2.45) is 0 Å². The zero-order valence-corrected chi connectivity index (χ0v) is 10.7. The van der Waals surface area contributed by atoms with E-state index in [1.807, 2.05) is 42.0 Å². The summed E-state index contributed by atoms with van der Waals surface area (Å²) in [5.41, 5.74) is 0.819. The van der Waals surface area contributed by atoms with E-state index in [0.29, 0.717) is 6.61 Å². The molecule has 2 aromatic rings. The quantitative estimate of drug-likeness (QED) is 0.880. The Bertz CT molecular complexity index is 506. The summed E-state index contributed by atoms with van der Waals surface area (Å²) in [5, 5.41) is 9.64. The summed E-state index contributed by atoms with van der Waals surface area (Å²) in [4.78, 5) is 4.16. The molecule has 0 saturated carbocycles. The van der Waals surface area contributed by atoms with Gasteiger partial charge in [0.25, 0.3) is 0 Å². The van der Waals surface area contributed by atoms with E-state index in [-0.39, 0.29) is 0 Å². The molecule has 1 unspecified atom stereocenters. The van der Waals surface area contributed by atoms with Crippen LogP contribution in [0.5, 0.6) is 5.75 Å². The van der Waals surface area contributed by atoms with Gasteiger partial charge in [-0.1, -0.05) is 18.2 Å². The highest BCUT2D eigenvalue weighted by Gasteiger charge is 2.07. The molecule has 0 fully saturated rings. The van der Waals surface area contributed by atoms with Crippen molar-refractivity contribution in [3.63, 3.8) is 0 Å². The van der Waals surface area contributed by atoms with Crippen LogP contribution in [0.2, 0.25) is 0 Å². The first-order valence-electron chi connectivity index (χ1n) is 6.06. The standard InChI is InChI=1S/C14H18N2O2/c1-11(17)13-5-3-4-6-14(13)18-10-9-16-8-7-15-12(16)2/h3-8,11,17H,9-10H2,1-2H3. The van der Waals surface area contributed by atoms with Crippen LogP contribution >= 0.6 is 0 Å². The Morgan fingerprint density at radius 2 is 2.17 bits per heavy atom. The van der Waals surface area contributed by atoms with Gasteiger partial charge in [0.15, 0.2) is 0 Å². The van der Waals surface area contributed by atoms with Crippen molar-refractivity contribution in [2.45, 2.75) is 26.5 Å². The van der Waals surface area contributed by atoms with E-state index >= 15 is 0 Å². The largest absolute Gasteiger partial charge is 0.491 e. The van der Waals surface area contributed by atoms with Crippen LogP contribution in [-0.4, -0.2) is 21.3 Å². The molecule has 2 rings (SSSR count). The van der Waals surface area contributed by atoms with Crippen LogP contribution in [0.3, 0.4) is 0 Å². The molecule has 1 aromatic carbocycles. The lowest BCUT2D eigenvalue weighted by molar-refractivity contribution is 0.190. The second-order valence-corrected chi connectivity index (χ2v) is 4.23. The summed E-state index contributed by atoms with van der Waals surface area (Å²) in [6.45, 7) is 5.01. The van der Waals surface area contributed by atoms with Gasteiger partial charge >= 0.3 is 0 Å². The van der Waals surface area contributed by atoms with Gasteiger partial charge in [0, 0.05) is 18.0 Å². The second-order valence-electron chi connectivity index (χ2n) is 4.23. The normalized spacial score (nSPS) is 12.4. The predicted octanol–water partition coefficient (Wildman–Crippen LogP) is 2.32. The number of nitrogens with zero attached hydrogens (tertiary/aromatic N) is 2. The average molecular weight is 246 g/mol. The maximum Gasteiger partial charge on any atom is 0.125 e. The monoisotopic (exact) mass is 246 g/mol. The molecule has 0 bridgehead atoms. The number of benzene rings is 1. The fourth-order valence-electron chi connectivity index (χ4n) is 1.85. The summed E-state index contributed by atoms with van der Waals surface area (Å²) in [5.74, 6) is 1.72. The van der Waals surface area contributed by atoms with Crippen LogP contribution in [0.25, 0.3) is 0 Å². The average Bonchev–Trinajstić information content (AvgIpc) is 2.76.